The Hall–Kier alpha value is -1.06. The van der Waals surface area contributed by atoms with E-state index in [-0.39, 0.29) is 0 Å². The molecule has 0 bridgehead atoms. The first kappa shape index (κ1) is 15.4. The fourth-order valence-electron chi connectivity index (χ4n) is 1.06. The molecular weight excluding hydrogens is 184 g/mol. The Morgan fingerprint density at radius 2 is 0.857 bits per heavy atom. The third kappa shape index (κ3) is 22.4. The Morgan fingerprint density at radius 1 is 0.714 bits per heavy atom. The van der Waals surface area contributed by atoms with E-state index in [0.29, 0.717) is 12.9 Å². The quantitative estimate of drug-likeness (QED) is 0.645. The highest BCUT2D eigenvalue weighted by molar-refractivity contribution is 5.36. The minimum Gasteiger partial charge on any atom is -0.471 e. The van der Waals surface area contributed by atoms with Crippen LogP contribution in [0, 0.1) is 0 Å². The van der Waals surface area contributed by atoms with E-state index in [1.807, 2.05) is 0 Å². The van der Waals surface area contributed by atoms with Gasteiger partial charge in [0.15, 0.2) is 0 Å². The summed E-state index contributed by atoms with van der Waals surface area (Å²) in [5.41, 5.74) is 0. The lowest BCUT2D eigenvalue weighted by Crippen LogP contribution is -1.85. The predicted molar refractivity (Wildman–Crippen MR) is 53.8 cm³/mol. The number of carbonyl (C=O) groups is 2. The van der Waals surface area contributed by atoms with Crippen molar-refractivity contribution in [3.8, 4) is 0 Å². The zero-order valence-electron chi connectivity index (χ0n) is 9.03. The fraction of sp³-hybridized carbons (Fsp3) is 0.800. The summed E-state index contributed by atoms with van der Waals surface area (Å²) in [6.45, 7) is 0.750. The number of rotatable bonds is 2. The summed E-state index contributed by atoms with van der Waals surface area (Å²) in [5, 5.41) is 0. The van der Waals surface area contributed by atoms with Gasteiger partial charge in [-0.1, -0.05) is 38.5 Å². The van der Waals surface area contributed by atoms with Crippen LogP contribution in [0.2, 0.25) is 0 Å². The van der Waals surface area contributed by atoms with Gasteiger partial charge in [0, 0.05) is 0 Å². The monoisotopic (exact) mass is 204 g/mol. The molecule has 0 atom stereocenters. The fourth-order valence-corrected chi connectivity index (χ4v) is 1.06. The molecule has 0 heterocycles. The lowest BCUT2D eigenvalue weighted by atomic mass is 10.0. The smallest absolute Gasteiger partial charge is 0.292 e. The second-order valence-corrected chi connectivity index (χ2v) is 2.79. The number of carbonyl (C=O) groups excluding carboxylic acids is 2. The molecule has 0 unspecified atom stereocenters. The van der Waals surface area contributed by atoms with Crippen LogP contribution in [0.1, 0.15) is 38.5 Å². The van der Waals surface area contributed by atoms with Crippen molar-refractivity contribution in [3.63, 3.8) is 0 Å². The molecule has 0 aromatic heterocycles. The summed E-state index contributed by atoms with van der Waals surface area (Å²) in [6.07, 6.45) is 9.00. The number of ether oxygens (including phenoxy) is 2. The molecule has 4 heteroatoms. The van der Waals surface area contributed by atoms with Crippen LogP contribution in [0.15, 0.2) is 0 Å². The van der Waals surface area contributed by atoms with E-state index < -0.39 is 0 Å². The maximum atomic E-state index is 8.95. The minimum atomic E-state index is 0.375. The maximum Gasteiger partial charge on any atom is 0.292 e. The summed E-state index contributed by atoms with van der Waals surface area (Å²) in [5.74, 6) is 0. The second kappa shape index (κ2) is 17.9. The highest BCUT2D eigenvalue weighted by Gasteiger charge is 1.95. The molecular formula is C10H20O4. The Morgan fingerprint density at radius 3 is 0.929 bits per heavy atom. The molecule has 1 saturated carbocycles. The van der Waals surface area contributed by atoms with E-state index in [1.165, 1.54) is 52.7 Å². The molecule has 0 aromatic carbocycles. The van der Waals surface area contributed by atoms with Gasteiger partial charge in [-0.05, 0) is 0 Å². The van der Waals surface area contributed by atoms with Crippen LogP contribution in [0.3, 0.4) is 0 Å². The van der Waals surface area contributed by atoms with E-state index in [0.717, 1.165) is 0 Å². The van der Waals surface area contributed by atoms with Crippen LogP contribution in [-0.4, -0.2) is 27.2 Å². The van der Waals surface area contributed by atoms with Gasteiger partial charge in [-0.3, -0.25) is 9.59 Å². The molecule has 14 heavy (non-hydrogen) atoms. The largest absolute Gasteiger partial charge is 0.471 e. The summed E-state index contributed by atoms with van der Waals surface area (Å²) in [7, 11) is 2.62. The molecule has 1 fully saturated rings. The van der Waals surface area contributed by atoms with E-state index in [2.05, 4.69) is 9.47 Å². The zero-order chi connectivity index (χ0) is 11.1. The first-order valence-corrected chi connectivity index (χ1v) is 4.76. The van der Waals surface area contributed by atoms with Crippen molar-refractivity contribution in [2.24, 2.45) is 0 Å². The van der Waals surface area contributed by atoms with Gasteiger partial charge in [0.05, 0.1) is 14.2 Å². The van der Waals surface area contributed by atoms with Gasteiger partial charge in [-0.15, -0.1) is 0 Å². The lowest BCUT2D eigenvalue weighted by molar-refractivity contribution is -0.126. The van der Waals surface area contributed by atoms with Crippen molar-refractivity contribution in [2.45, 2.75) is 38.5 Å². The molecule has 84 valence electrons. The Balaban J connectivity index is 0. The molecule has 0 N–H and O–H groups in total. The van der Waals surface area contributed by atoms with Crippen LogP contribution < -0.4 is 0 Å². The van der Waals surface area contributed by atoms with Gasteiger partial charge >= 0.3 is 0 Å². The predicted octanol–water partition coefficient (Wildman–Crippen LogP) is 1.92. The maximum absolute atomic E-state index is 8.95. The Kier molecular flexibility index (Phi) is 19.7. The van der Waals surface area contributed by atoms with Gasteiger partial charge in [0.1, 0.15) is 0 Å². The summed E-state index contributed by atoms with van der Waals surface area (Å²) >= 11 is 0. The van der Waals surface area contributed by atoms with Crippen molar-refractivity contribution in [1.82, 2.24) is 0 Å². The first-order valence-electron chi connectivity index (χ1n) is 4.76. The highest BCUT2D eigenvalue weighted by Crippen LogP contribution is 2.15. The van der Waals surface area contributed by atoms with Crippen LogP contribution in [-0.2, 0) is 19.1 Å². The van der Waals surface area contributed by atoms with E-state index in [1.54, 1.807) is 0 Å². The zero-order valence-corrected chi connectivity index (χ0v) is 9.03. The van der Waals surface area contributed by atoms with Crippen molar-refractivity contribution in [1.29, 1.82) is 0 Å². The van der Waals surface area contributed by atoms with Crippen molar-refractivity contribution in [3.05, 3.63) is 0 Å². The van der Waals surface area contributed by atoms with Gasteiger partial charge in [0.25, 0.3) is 12.9 Å². The molecule has 0 amide bonds. The van der Waals surface area contributed by atoms with Gasteiger partial charge < -0.3 is 9.47 Å². The van der Waals surface area contributed by atoms with Gasteiger partial charge in [0.2, 0.25) is 0 Å². The molecule has 0 aromatic rings. The number of hydrogen-bond acceptors (Lipinski definition) is 4. The van der Waals surface area contributed by atoms with Crippen molar-refractivity contribution < 1.29 is 19.1 Å². The topological polar surface area (TPSA) is 52.6 Å². The van der Waals surface area contributed by atoms with Gasteiger partial charge in [-0.25, -0.2) is 0 Å². The molecule has 4 nitrogen and oxygen atoms in total. The van der Waals surface area contributed by atoms with Crippen LogP contribution in [0.4, 0.5) is 0 Å². The van der Waals surface area contributed by atoms with Crippen LogP contribution >= 0.6 is 0 Å². The van der Waals surface area contributed by atoms with Crippen molar-refractivity contribution >= 4 is 12.9 Å². The average Bonchev–Trinajstić information content (AvgIpc) is 2.32. The average molecular weight is 204 g/mol. The van der Waals surface area contributed by atoms with Crippen LogP contribution in [0.25, 0.3) is 0 Å². The SMILES string of the molecule is C1CCCCC1.COC=O.COC=O. The number of hydrogen-bond donors (Lipinski definition) is 0. The highest BCUT2D eigenvalue weighted by atomic mass is 16.5. The molecule has 0 aliphatic heterocycles. The third-order valence-corrected chi connectivity index (χ3v) is 1.69. The van der Waals surface area contributed by atoms with Gasteiger partial charge in [-0.2, -0.15) is 0 Å². The minimum absolute atomic E-state index is 0.375. The normalized spacial score (nSPS) is 13.3. The van der Waals surface area contributed by atoms with E-state index in [9.17, 15) is 0 Å². The number of methoxy groups -OCH3 is 2. The Bertz CT molecular complexity index is 91.2. The summed E-state index contributed by atoms with van der Waals surface area (Å²) in [6, 6.07) is 0. The van der Waals surface area contributed by atoms with E-state index in [4.69, 9.17) is 9.59 Å². The summed E-state index contributed by atoms with van der Waals surface area (Å²) < 4.78 is 7.72. The summed E-state index contributed by atoms with van der Waals surface area (Å²) in [4.78, 5) is 17.9. The standard InChI is InChI=1S/C6H12.2C2H4O2/c1-2-4-6-5-3-1;2*1-4-2-3/h1-6H2;2*2H,1H3. The third-order valence-electron chi connectivity index (χ3n) is 1.69. The van der Waals surface area contributed by atoms with Crippen molar-refractivity contribution in [2.75, 3.05) is 14.2 Å². The molecule has 0 spiro atoms. The molecule has 1 rings (SSSR count). The Labute approximate surface area is 85.6 Å². The molecule has 0 saturated heterocycles. The second-order valence-electron chi connectivity index (χ2n) is 2.79. The van der Waals surface area contributed by atoms with E-state index >= 15 is 0 Å². The van der Waals surface area contributed by atoms with Crippen LogP contribution in [0.5, 0.6) is 0 Å². The molecule has 1 aliphatic carbocycles. The molecule has 1 aliphatic rings. The molecule has 0 radical (unpaired) electrons. The first-order chi connectivity index (χ1) is 6.83. The lowest BCUT2D eigenvalue weighted by Gasteiger charge is -2.05.